The summed E-state index contributed by atoms with van der Waals surface area (Å²) < 4.78 is 11.9. The molecule has 2 rings (SSSR count). The molecule has 1 unspecified atom stereocenters. The van der Waals surface area contributed by atoms with Crippen LogP contribution in [0.4, 0.5) is 0 Å². The number of nitrogens with one attached hydrogen (secondary N) is 1. The van der Waals surface area contributed by atoms with E-state index in [1.54, 1.807) is 6.92 Å². The number of halogens is 1. The van der Waals surface area contributed by atoms with Crippen molar-refractivity contribution in [2.45, 2.75) is 26.4 Å². The number of carboxylic acids is 1. The van der Waals surface area contributed by atoms with Crippen LogP contribution in [0.3, 0.4) is 0 Å². The Morgan fingerprint density at radius 2 is 2.08 bits per heavy atom. The van der Waals surface area contributed by atoms with Crippen LogP contribution < -0.4 is 10.1 Å². The molecule has 1 aromatic heterocycles. The van der Waals surface area contributed by atoms with Gasteiger partial charge >= 0.3 is 5.97 Å². The van der Waals surface area contributed by atoms with Crippen LogP contribution >= 0.6 is 15.9 Å². The predicted molar refractivity (Wildman–Crippen MR) is 91.6 cm³/mol. The van der Waals surface area contributed by atoms with Gasteiger partial charge in [0.15, 0.2) is 5.76 Å². The largest absolute Gasteiger partial charge is 0.488 e. The van der Waals surface area contributed by atoms with Crippen LogP contribution in [0.5, 0.6) is 5.75 Å². The maximum atomic E-state index is 12.1. The first kappa shape index (κ1) is 18.1. The van der Waals surface area contributed by atoms with Gasteiger partial charge in [-0.3, -0.25) is 4.79 Å². The molecule has 0 aliphatic heterocycles. The Bertz CT molecular complexity index is 740. The molecule has 0 saturated carbocycles. The topological polar surface area (TPSA) is 88.8 Å². The third-order valence-electron chi connectivity index (χ3n) is 3.30. The highest BCUT2D eigenvalue weighted by Gasteiger charge is 2.20. The Labute approximate surface area is 147 Å². The summed E-state index contributed by atoms with van der Waals surface area (Å²) in [6, 6.07) is 8.67. The van der Waals surface area contributed by atoms with Gasteiger partial charge in [-0.15, -0.1) is 0 Å². The van der Waals surface area contributed by atoms with Crippen molar-refractivity contribution in [3.8, 4) is 5.75 Å². The van der Waals surface area contributed by atoms with Crippen LogP contribution in [-0.2, 0) is 6.42 Å². The monoisotopic (exact) mass is 395 g/mol. The van der Waals surface area contributed by atoms with Crippen LogP contribution in [0, 0.1) is 0 Å². The smallest absolute Gasteiger partial charge is 0.339 e. The summed E-state index contributed by atoms with van der Waals surface area (Å²) in [5.74, 6) is -0.638. The van der Waals surface area contributed by atoms with Crippen molar-refractivity contribution in [1.82, 2.24) is 5.32 Å². The van der Waals surface area contributed by atoms with E-state index in [1.807, 2.05) is 31.2 Å². The van der Waals surface area contributed by atoms with Crippen LogP contribution in [0.2, 0.25) is 0 Å². The van der Waals surface area contributed by atoms with Crippen molar-refractivity contribution in [1.29, 1.82) is 0 Å². The highest BCUT2D eigenvalue weighted by Crippen LogP contribution is 2.24. The number of benzene rings is 1. The lowest BCUT2D eigenvalue weighted by molar-refractivity contribution is 0.0694. The van der Waals surface area contributed by atoms with E-state index in [0.717, 1.165) is 4.47 Å². The Balaban J connectivity index is 1.95. The lowest BCUT2D eigenvalue weighted by Crippen LogP contribution is -2.33. The first-order valence-corrected chi connectivity index (χ1v) is 8.27. The van der Waals surface area contributed by atoms with Gasteiger partial charge < -0.3 is 19.6 Å². The summed E-state index contributed by atoms with van der Waals surface area (Å²) in [5, 5.41) is 11.8. The normalized spacial score (nSPS) is 11.8. The first-order chi connectivity index (χ1) is 11.4. The number of furan rings is 1. The van der Waals surface area contributed by atoms with Gasteiger partial charge in [0, 0.05) is 12.5 Å². The Kier molecular flexibility index (Phi) is 6.03. The van der Waals surface area contributed by atoms with Gasteiger partial charge in [0.05, 0.1) is 11.0 Å². The zero-order valence-corrected chi connectivity index (χ0v) is 14.9. The molecule has 7 heteroatoms. The van der Waals surface area contributed by atoms with Gasteiger partial charge in [-0.2, -0.15) is 0 Å². The number of carbonyl (C=O) groups excluding carboxylic acids is 1. The number of aromatic carboxylic acids is 1. The van der Waals surface area contributed by atoms with E-state index in [4.69, 9.17) is 14.3 Å². The van der Waals surface area contributed by atoms with Crippen LogP contribution in [0.1, 0.15) is 40.5 Å². The maximum Gasteiger partial charge on any atom is 0.339 e. The number of rotatable bonds is 7. The lowest BCUT2D eigenvalue weighted by atomic mass is 10.2. The molecular formula is C17H18BrNO5. The summed E-state index contributed by atoms with van der Waals surface area (Å²) in [7, 11) is 0. The number of hydrogen-bond acceptors (Lipinski definition) is 4. The molecule has 0 fully saturated rings. The number of hydrogen-bond donors (Lipinski definition) is 2. The van der Waals surface area contributed by atoms with E-state index < -0.39 is 11.9 Å². The number of aryl methyl sites for hydroxylation is 1. The average Bonchev–Trinajstić information content (AvgIpc) is 2.99. The van der Waals surface area contributed by atoms with E-state index >= 15 is 0 Å². The Hall–Kier alpha value is -2.28. The van der Waals surface area contributed by atoms with Crippen molar-refractivity contribution in [2.24, 2.45) is 0 Å². The molecule has 0 aliphatic rings. The van der Waals surface area contributed by atoms with E-state index in [0.29, 0.717) is 12.2 Å². The molecule has 2 aromatic rings. The fourth-order valence-electron chi connectivity index (χ4n) is 2.11. The van der Waals surface area contributed by atoms with Gasteiger partial charge in [0.25, 0.3) is 5.91 Å². The summed E-state index contributed by atoms with van der Waals surface area (Å²) in [6.07, 6.45) is 0.128. The Morgan fingerprint density at radius 1 is 1.38 bits per heavy atom. The molecule has 0 aliphatic carbocycles. The second-order valence-electron chi connectivity index (χ2n) is 5.18. The molecule has 0 bridgehead atoms. The minimum atomic E-state index is -1.11. The first-order valence-electron chi connectivity index (χ1n) is 7.47. The maximum absolute atomic E-state index is 12.1. The van der Waals surface area contributed by atoms with Crippen molar-refractivity contribution < 1.29 is 23.8 Å². The molecule has 0 saturated heterocycles. The molecule has 1 atom stereocenters. The van der Waals surface area contributed by atoms with Crippen molar-refractivity contribution in [3.05, 3.63) is 51.9 Å². The van der Waals surface area contributed by atoms with Crippen molar-refractivity contribution in [3.63, 3.8) is 0 Å². The van der Waals surface area contributed by atoms with Gasteiger partial charge in [0.2, 0.25) is 0 Å². The van der Waals surface area contributed by atoms with Crippen LogP contribution in [-0.4, -0.2) is 29.6 Å². The van der Waals surface area contributed by atoms with Crippen LogP contribution in [0.15, 0.2) is 39.2 Å². The van der Waals surface area contributed by atoms with Gasteiger partial charge in [0.1, 0.15) is 23.2 Å². The second kappa shape index (κ2) is 8.01. The molecule has 1 amide bonds. The summed E-state index contributed by atoms with van der Waals surface area (Å²) >= 11 is 3.39. The predicted octanol–water partition coefficient (Wildman–Crippen LogP) is 3.50. The quantitative estimate of drug-likeness (QED) is 0.748. The number of carboxylic acid groups (broad SMARTS) is 1. The molecule has 24 heavy (non-hydrogen) atoms. The fourth-order valence-corrected chi connectivity index (χ4v) is 2.48. The molecule has 2 N–H and O–H groups in total. The highest BCUT2D eigenvalue weighted by atomic mass is 79.9. The standard InChI is InChI=1S/C17H18BrNO5/c1-3-13-11(17(21)22)8-15(24-13)16(20)19-9-10(2)23-14-7-5-4-6-12(14)18/h4-8,10H,3,9H2,1-2H3,(H,19,20)(H,21,22). The molecule has 0 radical (unpaired) electrons. The minimum absolute atomic E-state index is 0.0140. The van der Waals surface area contributed by atoms with E-state index in [2.05, 4.69) is 21.2 Å². The lowest BCUT2D eigenvalue weighted by Gasteiger charge is -2.16. The van der Waals surface area contributed by atoms with Gasteiger partial charge in [-0.05, 0) is 35.0 Å². The summed E-state index contributed by atoms with van der Waals surface area (Å²) in [4.78, 5) is 23.2. The van der Waals surface area contributed by atoms with Gasteiger partial charge in [-0.1, -0.05) is 19.1 Å². The molecular weight excluding hydrogens is 378 g/mol. The van der Waals surface area contributed by atoms with E-state index in [9.17, 15) is 9.59 Å². The van der Waals surface area contributed by atoms with Crippen molar-refractivity contribution in [2.75, 3.05) is 6.54 Å². The molecule has 6 nitrogen and oxygen atoms in total. The SMILES string of the molecule is CCc1oc(C(=O)NCC(C)Oc2ccccc2Br)cc1C(=O)O. The zero-order valence-electron chi connectivity index (χ0n) is 13.3. The molecule has 1 aromatic carbocycles. The average molecular weight is 396 g/mol. The van der Waals surface area contributed by atoms with Crippen LogP contribution in [0.25, 0.3) is 0 Å². The summed E-state index contributed by atoms with van der Waals surface area (Å²) in [5.41, 5.74) is 0.0140. The number of para-hydroxylation sites is 1. The highest BCUT2D eigenvalue weighted by molar-refractivity contribution is 9.10. The molecule has 0 spiro atoms. The third-order valence-corrected chi connectivity index (χ3v) is 3.95. The van der Waals surface area contributed by atoms with Crippen molar-refractivity contribution >= 4 is 27.8 Å². The molecule has 1 heterocycles. The number of carbonyl (C=O) groups is 2. The number of ether oxygens (including phenoxy) is 1. The summed E-state index contributed by atoms with van der Waals surface area (Å²) in [6.45, 7) is 3.84. The molecule has 128 valence electrons. The third kappa shape index (κ3) is 4.38. The van der Waals surface area contributed by atoms with E-state index in [-0.39, 0.29) is 29.7 Å². The van der Waals surface area contributed by atoms with Gasteiger partial charge in [-0.25, -0.2) is 4.79 Å². The fraction of sp³-hybridized carbons (Fsp3) is 0.294. The number of amides is 1. The van der Waals surface area contributed by atoms with E-state index in [1.165, 1.54) is 6.07 Å². The Morgan fingerprint density at radius 3 is 2.67 bits per heavy atom. The second-order valence-corrected chi connectivity index (χ2v) is 6.03. The minimum Gasteiger partial charge on any atom is -0.488 e. The zero-order chi connectivity index (χ0) is 17.7.